The van der Waals surface area contributed by atoms with Crippen molar-refractivity contribution in [2.24, 2.45) is 11.8 Å². The molecule has 1 aliphatic rings. The highest BCUT2D eigenvalue weighted by Gasteiger charge is 2.25. The summed E-state index contributed by atoms with van der Waals surface area (Å²) in [6.07, 6.45) is 7.91. The molecule has 1 unspecified atom stereocenters. The molecule has 0 spiro atoms. The Morgan fingerprint density at radius 1 is 1.15 bits per heavy atom. The van der Waals surface area contributed by atoms with Crippen LogP contribution in [0.5, 0.6) is 0 Å². The van der Waals surface area contributed by atoms with Gasteiger partial charge in [0.15, 0.2) is 0 Å². The van der Waals surface area contributed by atoms with E-state index in [9.17, 15) is 0 Å². The van der Waals surface area contributed by atoms with Gasteiger partial charge in [-0.2, -0.15) is 0 Å². The van der Waals surface area contributed by atoms with Crippen molar-refractivity contribution in [1.82, 2.24) is 5.32 Å². The van der Waals surface area contributed by atoms with E-state index in [4.69, 9.17) is 11.6 Å². The van der Waals surface area contributed by atoms with Crippen LogP contribution < -0.4 is 5.32 Å². The Bertz CT molecular complexity index is 379. The normalized spacial score (nSPS) is 24.6. The van der Waals surface area contributed by atoms with Crippen LogP contribution in [0.25, 0.3) is 0 Å². The van der Waals surface area contributed by atoms with Crippen LogP contribution in [0.1, 0.15) is 51.5 Å². The molecule has 1 aromatic rings. The first-order chi connectivity index (χ1) is 9.69. The van der Waals surface area contributed by atoms with Gasteiger partial charge in [-0.15, -0.1) is 0 Å². The average Bonchev–Trinajstić information content (AvgIpc) is 2.46. The van der Waals surface area contributed by atoms with Crippen molar-refractivity contribution in [2.75, 3.05) is 6.54 Å². The van der Waals surface area contributed by atoms with Gasteiger partial charge < -0.3 is 5.32 Å². The van der Waals surface area contributed by atoms with E-state index in [1.54, 1.807) is 0 Å². The van der Waals surface area contributed by atoms with E-state index in [0.29, 0.717) is 6.04 Å². The second kappa shape index (κ2) is 8.05. The Kier molecular flexibility index (Phi) is 6.38. The summed E-state index contributed by atoms with van der Waals surface area (Å²) >= 11 is 5.98. The monoisotopic (exact) mass is 293 g/mol. The number of benzene rings is 1. The van der Waals surface area contributed by atoms with Gasteiger partial charge in [-0.05, 0) is 61.8 Å². The van der Waals surface area contributed by atoms with Crippen molar-refractivity contribution in [3.8, 4) is 0 Å². The van der Waals surface area contributed by atoms with Crippen molar-refractivity contribution >= 4 is 11.6 Å². The van der Waals surface area contributed by atoms with Crippen LogP contribution in [-0.4, -0.2) is 12.6 Å². The SMILES string of the molecule is CCCNC(Cc1ccc(Cl)cc1)C1CCC(C)CC1. The molecule has 112 valence electrons. The molecule has 0 radical (unpaired) electrons. The third kappa shape index (κ3) is 4.79. The van der Waals surface area contributed by atoms with E-state index < -0.39 is 0 Å². The summed E-state index contributed by atoms with van der Waals surface area (Å²) in [5, 5.41) is 4.62. The summed E-state index contributed by atoms with van der Waals surface area (Å²) in [5.74, 6) is 1.77. The van der Waals surface area contributed by atoms with Crippen molar-refractivity contribution in [1.29, 1.82) is 0 Å². The summed E-state index contributed by atoms with van der Waals surface area (Å²) in [6.45, 7) is 5.77. The summed E-state index contributed by atoms with van der Waals surface area (Å²) in [5.41, 5.74) is 1.40. The second-order valence-corrected chi connectivity index (χ2v) is 6.85. The van der Waals surface area contributed by atoms with Crippen molar-refractivity contribution in [3.63, 3.8) is 0 Å². The van der Waals surface area contributed by atoms with E-state index >= 15 is 0 Å². The molecule has 2 heteroatoms. The quantitative estimate of drug-likeness (QED) is 0.771. The fourth-order valence-electron chi connectivity index (χ4n) is 3.30. The third-order valence-electron chi connectivity index (χ3n) is 4.65. The van der Waals surface area contributed by atoms with Crippen LogP contribution >= 0.6 is 11.6 Å². The first kappa shape index (κ1) is 15.9. The fraction of sp³-hybridized carbons (Fsp3) is 0.667. The molecule has 2 rings (SSSR count). The molecule has 1 atom stereocenters. The third-order valence-corrected chi connectivity index (χ3v) is 4.91. The molecule has 0 saturated heterocycles. The Balaban J connectivity index is 1.97. The lowest BCUT2D eigenvalue weighted by Gasteiger charge is -2.33. The molecule has 1 aromatic carbocycles. The minimum absolute atomic E-state index is 0.628. The lowest BCUT2D eigenvalue weighted by atomic mass is 9.77. The van der Waals surface area contributed by atoms with Gasteiger partial charge in [-0.3, -0.25) is 0 Å². The Morgan fingerprint density at radius 2 is 1.80 bits per heavy atom. The molecule has 0 bridgehead atoms. The van der Waals surface area contributed by atoms with Gasteiger partial charge >= 0.3 is 0 Å². The highest BCUT2D eigenvalue weighted by atomic mass is 35.5. The minimum atomic E-state index is 0.628. The van der Waals surface area contributed by atoms with Gasteiger partial charge in [0, 0.05) is 11.1 Å². The van der Waals surface area contributed by atoms with Crippen LogP contribution in [0.2, 0.25) is 5.02 Å². The maximum atomic E-state index is 5.98. The predicted molar refractivity (Wildman–Crippen MR) is 88.4 cm³/mol. The van der Waals surface area contributed by atoms with Gasteiger partial charge in [0.05, 0.1) is 0 Å². The van der Waals surface area contributed by atoms with E-state index in [0.717, 1.165) is 29.8 Å². The first-order valence-electron chi connectivity index (χ1n) is 8.17. The molecule has 0 heterocycles. The summed E-state index contributed by atoms with van der Waals surface area (Å²) in [6, 6.07) is 9.00. The van der Waals surface area contributed by atoms with Crippen molar-refractivity contribution < 1.29 is 0 Å². The van der Waals surface area contributed by atoms with Gasteiger partial charge in [-0.25, -0.2) is 0 Å². The van der Waals surface area contributed by atoms with Crippen LogP contribution in [0.4, 0.5) is 0 Å². The minimum Gasteiger partial charge on any atom is -0.313 e. The average molecular weight is 294 g/mol. The zero-order valence-electron chi connectivity index (χ0n) is 12.9. The molecule has 1 fully saturated rings. The molecule has 1 N–H and O–H groups in total. The molecule has 1 nitrogen and oxygen atoms in total. The standard InChI is InChI=1S/C18H28ClN/c1-3-12-20-18(16-8-4-14(2)5-9-16)13-15-6-10-17(19)11-7-15/h6-7,10-11,14,16,18,20H,3-5,8-9,12-13H2,1-2H3. The van der Waals surface area contributed by atoms with Gasteiger partial charge in [0.2, 0.25) is 0 Å². The Labute approximate surface area is 129 Å². The number of halogens is 1. The van der Waals surface area contributed by atoms with Gasteiger partial charge in [-0.1, -0.05) is 50.4 Å². The number of nitrogens with one attached hydrogen (secondary N) is 1. The van der Waals surface area contributed by atoms with Crippen LogP contribution in [0.3, 0.4) is 0 Å². The lowest BCUT2D eigenvalue weighted by Crippen LogP contribution is -2.40. The Hall–Kier alpha value is -0.530. The fourth-order valence-corrected chi connectivity index (χ4v) is 3.42. The smallest absolute Gasteiger partial charge is 0.0406 e. The summed E-state index contributed by atoms with van der Waals surface area (Å²) in [7, 11) is 0. The highest BCUT2D eigenvalue weighted by molar-refractivity contribution is 6.30. The van der Waals surface area contributed by atoms with Crippen LogP contribution in [0, 0.1) is 11.8 Å². The van der Waals surface area contributed by atoms with Crippen LogP contribution in [-0.2, 0) is 6.42 Å². The van der Waals surface area contributed by atoms with Gasteiger partial charge in [0.1, 0.15) is 0 Å². The van der Waals surface area contributed by atoms with E-state index in [-0.39, 0.29) is 0 Å². The molecule has 1 saturated carbocycles. The zero-order valence-corrected chi connectivity index (χ0v) is 13.6. The molecule has 0 aromatic heterocycles. The number of rotatable bonds is 6. The van der Waals surface area contributed by atoms with E-state index in [1.807, 2.05) is 12.1 Å². The highest BCUT2D eigenvalue weighted by Crippen LogP contribution is 2.31. The Morgan fingerprint density at radius 3 is 2.40 bits per heavy atom. The summed E-state index contributed by atoms with van der Waals surface area (Å²) < 4.78 is 0. The zero-order chi connectivity index (χ0) is 14.4. The largest absolute Gasteiger partial charge is 0.313 e. The molecule has 20 heavy (non-hydrogen) atoms. The summed E-state index contributed by atoms with van der Waals surface area (Å²) in [4.78, 5) is 0. The molecule has 1 aliphatic carbocycles. The van der Waals surface area contributed by atoms with Gasteiger partial charge in [0.25, 0.3) is 0 Å². The number of hydrogen-bond acceptors (Lipinski definition) is 1. The molecule has 0 amide bonds. The molecular weight excluding hydrogens is 266 g/mol. The van der Waals surface area contributed by atoms with E-state index in [2.05, 4.69) is 31.3 Å². The maximum Gasteiger partial charge on any atom is 0.0406 e. The van der Waals surface area contributed by atoms with Crippen LogP contribution in [0.15, 0.2) is 24.3 Å². The van der Waals surface area contributed by atoms with E-state index in [1.165, 1.54) is 37.7 Å². The number of hydrogen-bond donors (Lipinski definition) is 1. The molecule has 0 aliphatic heterocycles. The van der Waals surface area contributed by atoms with Crippen molar-refractivity contribution in [3.05, 3.63) is 34.9 Å². The van der Waals surface area contributed by atoms with Crippen molar-refractivity contribution in [2.45, 2.75) is 58.4 Å². The lowest BCUT2D eigenvalue weighted by molar-refractivity contribution is 0.229. The first-order valence-corrected chi connectivity index (χ1v) is 8.54. The topological polar surface area (TPSA) is 12.0 Å². The second-order valence-electron chi connectivity index (χ2n) is 6.41. The predicted octanol–water partition coefficient (Wildman–Crippen LogP) is 5.08. The molecular formula is C18H28ClN. The maximum absolute atomic E-state index is 5.98.